The number of aryl methyl sites for hydroxylation is 2. The first-order valence-corrected chi connectivity index (χ1v) is 10.3. The van der Waals surface area contributed by atoms with Crippen LogP contribution in [-0.4, -0.2) is 29.8 Å². The molecule has 1 aromatic heterocycles. The average Bonchev–Trinajstić information content (AvgIpc) is 2.77. The fourth-order valence-electron chi connectivity index (χ4n) is 3.97. The maximum Gasteiger partial charge on any atom is 0.349 e. The largest absolute Gasteiger partial charge is 0.493 e. The van der Waals surface area contributed by atoms with E-state index in [1.54, 1.807) is 18.8 Å². The number of fused-ring (bicyclic) bond motifs is 3. The predicted octanol–water partition coefficient (Wildman–Crippen LogP) is 3.92. The van der Waals surface area contributed by atoms with Gasteiger partial charge in [0.1, 0.15) is 5.82 Å². The summed E-state index contributed by atoms with van der Waals surface area (Å²) in [6, 6.07) is 16.5. The fourth-order valence-corrected chi connectivity index (χ4v) is 3.97. The number of hydrogen-bond donors (Lipinski definition) is 1. The molecule has 30 heavy (non-hydrogen) atoms. The summed E-state index contributed by atoms with van der Waals surface area (Å²) in [7, 11) is 3.25. The molecule has 0 saturated carbocycles. The number of aromatic nitrogens is 2. The van der Waals surface area contributed by atoms with Crippen LogP contribution in [0.2, 0.25) is 0 Å². The SMILES string of the molecule is COc1cc2c(cc1OC)-c1cc(NC(C)CCc3ccccc3)nc(=O)n1CC2. The molecule has 6 heteroatoms. The Labute approximate surface area is 176 Å². The zero-order valence-corrected chi connectivity index (χ0v) is 17.6. The normalized spacial score (nSPS) is 13.2. The van der Waals surface area contributed by atoms with Crippen LogP contribution in [0.25, 0.3) is 11.3 Å². The molecule has 0 radical (unpaired) electrons. The number of methoxy groups -OCH3 is 2. The summed E-state index contributed by atoms with van der Waals surface area (Å²) >= 11 is 0. The molecule has 2 aromatic carbocycles. The van der Waals surface area contributed by atoms with Gasteiger partial charge in [0.05, 0.1) is 19.9 Å². The Kier molecular flexibility index (Phi) is 5.74. The number of nitrogens with one attached hydrogen (secondary N) is 1. The summed E-state index contributed by atoms with van der Waals surface area (Å²) in [4.78, 5) is 17.0. The summed E-state index contributed by atoms with van der Waals surface area (Å²) < 4.78 is 12.6. The van der Waals surface area contributed by atoms with Crippen molar-refractivity contribution in [3.05, 3.63) is 70.1 Å². The summed E-state index contributed by atoms with van der Waals surface area (Å²) in [5, 5.41) is 3.40. The van der Waals surface area contributed by atoms with Crippen LogP contribution in [0.4, 0.5) is 5.82 Å². The summed E-state index contributed by atoms with van der Waals surface area (Å²) in [5.74, 6) is 1.96. The highest BCUT2D eigenvalue weighted by molar-refractivity contribution is 5.71. The third kappa shape index (κ3) is 4.03. The molecule has 1 N–H and O–H groups in total. The van der Waals surface area contributed by atoms with Crippen molar-refractivity contribution in [3.8, 4) is 22.8 Å². The lowest BCUT2D eigenvalue weighted by molar-refractivity contribution is 0.354. The molecule has 1 aliphatic rings. The van der Waals surface area contributed by atoms with Crippen LogP contribution in [0, 0.1) is 0 Å². The molecule has 0 spiro atoms. The van der Waals surface area contributed by atoms with E-state index in [0.717, 1.165) is 36.1 Å². The lowest BCUT2D eigenvalue weighted by Gasteiger charge is -2.24. The van der Waals surface area contributed by atoms with Crippen LogP contribution in [-0.2, 0) is 19.4 Å². The van der Waals surface area contributed by atoms with E-state index in [2.05, 4.69) is 41.5 Å². The second-order valence-electron chi connectivity index (χ2n) is 7.64. The van der Waals surface area contributed by atoms with Crippen LogP contribution in [0.5, 0.6) is 11.5 Å². The molecule has 0 saturated heterocycles. The number of ether oxygens (including phenoxy) is 2. The maximum atomic E-state index is 12.7. The highest BCUT2D eigenvalue weighted by atomic mass is 16.5. The van der Waals surface area contributed by atoms with Gasteiger partial charge in [0, 0.05) is 24.2 Å². The minimum atomic E-state index is -0.231. The number of anilines is 1. The van der Waals surface area contributed by atoms with Crippen molar-refractivity contribution >= 4 is 5.82 Å². The summed E-state index contributed by atoms with van der Waals surface area (Å²) in [6.07, 6.45) is 2.68. The van der Waals surface area contributed by atoms with Crippen molar-refractivity contribution in [1.29, 1.82) is 0 Å². The molecule has 3 aromatic rings. The van der Waals surface area contributed by atoms with Gasteiger partial charge in [0.2, 0.25) is 0 Å². The maximum absolute atomic E-state index is 12.7. The molecular formula is C24H27N3O3. The van der Waals surface area contributed by atoms with Gasteiger partial charge in [0.15, 0.2) is 11.5 Å². The number of hydrogen-bond acceptors (Lipinski definition) is 5. The van der Waals surface area contributed by atoms with Crippen molar-refractivity contribution in [2.24, 2.45) is 0 Å². The van der Waals surface area contributed by atoms with Gasteiger partial charge in [-0.15, -0.1) is 0 Å². The molecule has 6 nitrogen and oxygen atoms in total. The van der Waals surface area contributed by atoms with Crippen molar-refractivity contribution in [3.63, 3.8) is 0 Å². The van der Waals surface area contributed by atoms with Crippen LogP contribution in [0.15, 0.2) is 53.3 Å². The van der Waals surface area contributed by atoms with E-state index in [0.29, 0.717) is 23.9 Å². The number of benzene rings is 2. The van der Waals surface area contributed by atoms with E-state index in [-0.39, 0.29) is 11.7 Å². The molecular weight excluding hydrogens is 378 g/mol. The third-order valence-corrected chi connectivity index (χ3v) is 5.60. The molecule has 2 heterocycles. The van der Waals surface area contributed by atoms with Gasteiger partial charge in [-0.3, -0.25) is 4.57 Å². The number of nitrogens with zero attached hydrogens (tertiary/aromatic N) is 2. The highest BCUT2D eigenvalue weighted by Gasteiger charge is 2.22. The van der Waals surface area contributed by atoms with Gasteiger partial charge in [-0.2, -0.15) is 4.98 Å². The standard InChI is InChI=1S/C24H27N3O3/c1-16(9-10-17-7-5-4-6-8-17)25-23-15-20-19-14-22(30-3)21(29-2)13-18(19)11-12-27(20)24(28)26-23/h4-8,13-16H,9-12H2,1-3H3,(H,25,26,28). The van der Waals surface area contributed by atoms with Gasteiger partial charge >= 0.3 is 5.69 Å². The molecule has 0 aliphatic carbocycles. The zero-order valence-electron chi connectivity index (χ0n) is 17.6. The Bertz CT molecular complexity index is 1090. The van der Waals surface area contributed by atoms with Crippen LogP contribution in [0.1, 0.15) is 24.5 Å². The Morgan fingerprint density at radius 3 is 2.57 bits per heavy atom. The molecule has 4 rings (SSSR count). The van der Waals surface area contributed by atoms with E-state index < -0.39 is 0 Å². The van der Waals surface area contributed by atoms with Gasteiger partial charge in [0.25, 0.3) is 0 Å². The van der Waals surface area contributed by atoms with Gasteiger partial charge in [-0.25, -0.2) is 4.79 Å². The molecule has 1 aliphatic heterocycles. The van der Waals surface area contributed by atoms with E-state index in [4.69, 9.17) is 9.47 Å². The predicted molar refractivity (Wildman–Crippen MR) is 119 cm³/mol. The quantitative estimate of drug-likeness (QED) is 0.645. The monoisotopic (exact) mass is 405 g/mol. The third-order valence-electron chi connectivity index (χ3n) is 5.60. The molecule has 1 unspecified atom stereocenters. The van der Waals surface area contributed by atoms with Gasteiger partial charge in [-0.05, 0) is 49.4 Å². The molecule has 156 valence electrons. The first-order valence-electron chi connectivity index (χ1n) is 10.3. The van der Waals surface area contributed by atoms with Crippen molar-refractivity contribution in [2.45, 2.75) is 38.8 Å². The van der Waals surface area contributed by atoms with Gasteiger partial charge < -0.3 is 14.8 Å². The zero-order chi connectivity index (χ0) is 21.1. The van der Waals surface area contributed by atoms with Crippen molar-refractivity contribution in [1.82, 2.24) is 9.55 Å². The van der Waals surface area contributed by atoms with Crippen LogP contribution >= 0.6 is 0 Å². The van der Waals surface area contributed by atoms with Crippen LogP contribution in [0.3, 0.4) is 0 Å². The fraction of sp³-hybridized carbons (Fsp3) is 0.333. The molecule has 0 bridgehead atoms. The first-order chi connectivity index (χ1) is 14.6. The summed E-state index contributed by atoms with van der Waals surface area (Å²) in [6.45, 7) is 2.72. The van der Waals surface area contributed by atoms with Gasteiger partial charge in [-0.1, -0.05) is 30.3 Å². The van der Waals surface area contributed by atoms with E-state index >= 15 is 0 Å². The van der Waals surface area contributed by atoms with E-state index in [1.807, 2.05) is 24.3 Å². The molecule has 0 fully saturated rings. The Hall–Kier alpha value is -3.28. The minimum absolute atomic E-state index is 0.189. The summed E-state index contributed by atoms with van der Waals surface area (Å²) in [5.41, 5.74) is 4.06. The van der Waals surface area contributed by atoms with E-state index in [9.17, 15) is 4.79 Å². The lowest BCUT2D eigenvalue weighted by atomic mass is 9.97. The Balaban J connectivity index is 1.60. The first kappa shape index (κ1) is 20.0. The highest BCUT2D eigenvalue weighted by Crippen LogP contribution is 2.38. The molecule has 1 atom stereocenters. The number of rotatable bonds is 7. The smallest absolute Gasteiger partial charge is 0.349 e. The van der Waals surface area contributed by atoms with Crippen molar-refractivity contribution < 1.29 is 9.47 Å². The Morgan fingerprint density at radius 1 is 1.10 bits per heavy atom. The van der Waals surface area contributed by atoms with E-state index in [1.165, 1.54) is 5.56 Å². The Morgan fingerprint density at radius 2 is 1.83 bits per heavy atom. The second-order valence-corrected chi connectivity index (χ2v) is 7.64. The minimum Gasteiger partial charge on any atom is -0.493 e. The lowest BCUT2D eigenvalue weighted by Crippen LogP contribution is -2.30. The second kappa shape index (κ2) is 8.61. The molecule has 0 amide bonds. The van der Waals surface area contributed by atoms with Crippen molar-refractivity contribution in [2.75, 3.05) is 19.5 Å². The van der Waals surface area contributed by atoms with Crippen LogP contribution < -0.4 is 20.5 Å². The average molecular weight is 405 g/mol. The topological polar surface area (TPSA) is 65.4 Å².